The van der Waals surface area contributed by atoms with Gasteiger partial charge in [-0.2, -0.15) is 10.5 Å². The van der Waals surface area contributed by atoms with Crippen LogP contribution in [0.25, 0.3) is 0 Å². The van der Waals surface area contributed by atoms with Crippen LogP contribution < -0.4 is 25.0 Å². The van der Waals surface area contributed by atoms with Crippen molar-refractivity contribution < 1.29 is 33.4 Å². The minimum Gasteiger partial charge on any atom is -0.494 e. The maximum Gasteiger partial charge on any atom is 0.262 e. The van der Waals surface area contributed by atoms with Crippen molar-refractivity contribution in [2.45, 2.75) is 78.0 Å². The van der Waals surface area contributed by atoms with Gasteiger partial charge in [0, 0.05) is 55.7 Å². The minimum atomic E-state index is -1.00. The van der Waals surface area contributed by atoms with Gasteiger partial charge in [0.05, 0.1) is 34.4 Å². The van der Waals surface area contributed by atoms with Gasteiger partial charge in [-0.25, -0.2) is 4.98 Å². The van der Waals surface area contributed by atoms with Crippen molar-refractivity contribution in [2.24, 2.45) is 10.8 Å². The predicted molar refractivity (Wildman–Crippen MR) is 214 cm³/mol. The molecule has 0 bridgehead atoms. The standard InChI is InChI=1S/C44H48N8O7/c1-43(2)41(44(3,4)42(43)59-31-10-8-27(24-45)29(22-31)25-46)49-37(54)28-9-14-35(47-26-28)51-19-17-50(18-20-51)16-6-5-7-21-58-30-11-12-32-33(23-30)40(57)52(39(32)56)34-13-15-36(53)48-38(34)55/h8-12,14,22-23,26,34,41-42H,5-7,13,15-21H2,1-4H3,(H,49,54)(H,48,53,55)/t34?,41-,42-. The molecule has 0 spiro atoms. The molecule has 5 amide bonds. The molecular formula is C44H48N8O7. The number of aromatic nitrogens is 1. The molecule has 2 aromatic carbocycles. The molecule has 15 heteroatoms. The number of nitrogens with one attached hydrogen (secondary N) is 2. The van der Waals surface area contributed by atoms with E-state index >= 15 is 0 Å². The Morgan fingerprint density at radius 1 is 0.864 bits per heavy atom. The van der Waals surface area contributed by atoms with E-state index in [1.54, 1.807) is 42.6 Å². The quantitative estimate of drug-likeness (QED) is 0.185. The number of nitriles is 2. The maximum absolute atomic E-state index is 13.4. The minimum absolute atomic E-state index is 0.0697. The molecule has 1 aromatic heterocycles. The molecule has 1 atom stereocenters. The molecule has 1 unspecified atom stereocenters. The van der Waals surface area contributed by atoms with Gasteiger partial charge in [-0.1, -0.05) is 27.7 Å². The molecule has 1 aliphatic carbocycles. The summed E-state index contributed by atoms with van der Waals surface area (Å²) in [6.45, 7) is 13.1. The van der Waals surface area contributed by atoms with Crippen LogP contribution in [0.2, 0.25) is 0 Å². The molecule has 4 aliphatic rings. The molecule has 1 saturated carbocycles. The van der Waals surface area contributed by atoms with Gasteiger partial charge in [-0.15, -0.1) is 0 Å². The number of fused-ring (bicyclic) bond motifs is 1. The summed E-state index contributed by atoms with van der Waals surface area (Å²) >= 11 is 0. The van der Waals surface area contributed by atoms with Gasteiger partial charge < -0.3 is 19.7 Å². The number of piperidine rings is 1. The number of pyridine rings is 1. The Balaban J connectivity index is 0.811. The van der Waals surface area contributed by atoms with E-state index in [0.29, 0.717) is 29.2 Å². The van der Waals surface area contributed by atoms with Crippen molar-refractivity contribution in [1.82, 2.24) is 25.4 Å². The lowest BCUT2D eigenvalue weighted by Gasteiger charge is -2.63. The fraction of sp³-hybridized carbons (Fsp3) is 0.455. The lowest BCUT2D eigenvalue weighted by atomic mass is 9.49. The first-order chi connectivity index (χ1) is 28.2. The number of piperazine rings is 1. The monoisotopic (exact) mass is 800 g/mol. The van der Waals surface area contributed by atoms with Crippen LogP contribution in [0.4, 0.5) is 5.82 Å². The number of ether oxygens (including phenoxy) is 2. The van der Waals surface area contributed by atoms with Crippen LogP contribution in [0.5, 0.6) is 11.5 Å². The number of carbonyl (C=O) groups is 5. The second kappa shape index (κ2) is 16.5. The Bertz CT molecular complexity index is 2240. The van der Waals surface area contributed by atoms with Gasteiger partial charge in [-0.3, -0.25) is 39.1 Å². The molecule has 15 nitrogen and oxygen atoms in total. The van der Waals surface area contributed by atoms with Gasteiger partial charge in [0.2, 0.25) is 11.8 Å². The third-order valence-corrected chi connectivity index (χ3v) is 12.1. The van der Waals surface area contributed by atoms with E-state index in [0.717, 1.165) is 62.7 Å². The summed E-state index contributed by atoms with van der Waals surface area (Å²) < 4.78 is 12.3. The van der Waals surface area contributed by atoms with Gasteiger partial charge in [0.15, 0.2) is 0 Å². The zero-order valence-corrected chi connectivity index (χ0v) is 33.7. The van der Waals surface area contributed by atoms with Crippen LogP contribution in [-0.2, 0) is 9.59 Å². The number of hydrogen-bond donors (Lipinski definition) is 2. The third-order valence-electron chi connectivity index (χ3n) is 12.1. The number of amides is 5. The molecule has 2 N–H and O–H groups in total. The largest absolute Gasteiger partial charge is 0.494 e. The van der Waals surface area contributed by atoms with E-state index in [1.165, 1.54) is 0 Å². The van der Waals surface area contributed by atoms with Gasteiger partial charge in [-0.05, 0) is 80.8 Å². The fourth-order valence-corrected chi connectivity index (χ4v) is 9.19. The molecule has 3 fully saturated rings. The number of nitrogens with zero attached hydrogens (tertiary/aromatic N) is 6. The van der Waals surface area contributed by atoms with E-state index in [-0.39, 0.29) is 47.6 Å². The van der Waals surface area contributed by atoms with Crippen LogP contribution in [0.1, 0.15) is 102 Å². The second-order valence-electron chi connectivity index (χ2n) is 16.8. The lowest BCUT2D eigenvalue weighted by molar-refractivity contribution is -0.164. The van der Waals surface area contributed by atoms with E-state index in [1.807, 2.05) is 52.0 Å². The highest BCUT2D eigenvalue weighted by Crippen LogP contribution is 2.55. The Kier molecular flexibility index (Phi) is 11.4. The summed E-state index contributed by atoms with van der Waals surface area (Å²) in [7, 11) is 0. The fourth-order valence-electron chi connectivity index (χ4n) is 9.19. The van der Waals surface area contributed by atoms with Gasteiger partial charge in [0.25, 0.3) is 17.7 Å². The first-order valence-corrected chi connectivity index (χ1v) is 20.1. The highest BCUT2D eigenvalue weighted by atomic mass is 16.5. The van der Waals surface area contributed by atoms with Crippen LogP contribution in [0.15, 0.2) is 54.7 Å². The molecule has 4 heterocycles. The topological polar surface area (TPSA) is 198 Å². The Hall–Kier alpha value is -6.32. The van der Waals surface area contributed by atoms with Crippen molar-refractivity contribution in [3.8, 4) is 23.6 Å². The first-order valence-electron chi connectivity index (χ1n) is 20.1. The summed E-state index contributed by atoms with van der Waals surface area (Å²) in [5.41, 5.74) is 0.639. The maximum atomic E-state index is 13.4. The molecule has 0 radical (unpaired) electrons. The summed E-state index contributed by atoms with van der Waals surface area (Å²) in [6, 6.07) is 16.2. The van der Waals surface area contributed by atoms with Crippen molar-refractivity contribution in [2.75, 3.05) is 44.2 Å². The number of imide groups is 2. The molecular weight excluding hydrogens is 753 g/mol. The van der Waals surface area contributed by atoms with Crippen LogP contribution in [0, 0.1) is 33.5 Å². The average Bonchev–Trinajstić information content (AvgIpc) is 3.47. The number of anilines is 1. The van der Waals surface area contributed by atoms with Crippen LogP contribution >= 0.6 is 0 Å². The number of rotatable bonds is 13. The number of carbonyl (C=O) groups excluding carboxylic acids is 5. The van der Waals surface area contributed by atoms with Crippen LogP contribution in [0.3, 0.4) is 0 Å². The van der Waals surface area contributed by atoms with Crippen molar-refractivity contribution >= 4 is 35.4 Å². The van der Waals surface area contributed by atoms with E-state index in [4.69, 9.17) is 9.47 Å². The summed E-state index contributed by atoms with van der Waals surface area (Å²) in [5, 5.41) is 24.1. The normalized spacial score (nSPS) is 22.1. The van der Waals surface area contributed by atoms with Crippen molar-refractivity contribution in [1.29, 1.82) is 10.5 Å². The van der Waals surface area contributed by atoms with E-state index in [2.05, 4.69) is 25.4 Å². The van der Waals surface area contributed by atoms with Crippen molar-refractivity contribution in [3.05, 3.63) is 82.5 Å². The van der Waals surface area contributed by atoms with Crippen molar-refractivity contribution in [3.63, 3.8) is 0 Å². The van der Waals surface area contributed by atoms with Crippen LogP contribution in [-0.4, -0.2) is 102 Å². The molecule has 7 rings (SSSR count). The zero-order valence-electron chi connectivity index (χ0n) is 33.7. The molecule has 3 aliphatic heterocycles. The summed E-state index contributed by atoms with van der Waals surface area (Å²) in [4.78, 5) is 73.6. The van der Waals surface area contributed by atoms with Gasteiger partial charge >= 0.3 is 0 Å². The third kappa shape index (κ3) is 8.08. The number of benzene rings is 2. The lowest BCUT2D eigenvalue weighted by Crippen LogP contribution is -2.74. The highest BCUT2D eigenvalue weighted by Gasteiger charge is 2.64. The SMILES string of the molecule is CC1(C)[C@H](NC(=O)c2ccc(N3CCN(CCCCCOc4ccc5c(c4)C(=O)N(C4CCC(=O)NC4=O)C5=O)CC3)nc2)C(C)(C)[C@H]1Oc1ccc(C#N)c(C#N)c1. The first kappa shape index (κ1) is 40.9. The molecule has 3 aromatic rings. The Morgan fingerprint density at radius 2 is 1.58 bits per heavy atom. The van der Waals surface area contributed by atoms with E-state index < -0.39 is 40.5 Å². The smallest absolute Gasteiger partial charge is 0.262 e. The second-order valence-corrected chi connectivity index (χ2v) is 16.8. The Morgan fingerprint density at radius 3 is 2.25 bits per heavy atom. The number of unbranched alkanes of at least 4 members (excludes halogenated alkanes) is 2. The number of hydrogen-bond acceptors (Lipinski definition) is 12. The van der Waals surface area contributed by atoms with Gasteiger partial charge in [0.1, 0.15) is 41.6 Å². The molecule has 306 valence electrons. The molecule has 2 saturated heterocycles. The summed E-state index contributed by atoms with van der Waals surface area (Å²) in [6.07, 6.45) is 4.34. The predicted octanol–water partition coefficient (Wildman–Crippen LogP) is 4.21. The average molecular weight is 801 g/mol. The summed E-state index contributed by atoms with van der Waals surface area (Å²) in [5.74, 6) is -0.522. The zero-order chi connectivity index (χ0) is 42.1. The Labute approximate surface area is 343 Å². The molecule has 59 heavy (non-hydrogen) atoms. The van der Waals surface area contributed by atoms with E-state index in [9.17, 15) is 34.5 Å². The highest BCUT2D eigenvalue weighted by molar-refractivity contribution is 6.23.